The van der Waals surface area contributed by atoms with Crippen molar-refractivity contribution in [2.24, 2.45) is 10.2 Å². The molecule has 74 valence electrons. The van der Waals surface area contributed by atoms with Crippen molar-refractivity contribution in [1.29, 1.82) is 0 Å². The Morgan fingerprint density at radius 1 is 1.36 bits per heavy atom. The minimum absolute atomic E-state index is 0.614. The Bertz CT molecular complexity index is 317. The van der Waals surface area contributed by atoms with Crippen molar-refractivity contribution < 1.29 is 4.74 Å². The molecule has 14 heavy (non-hydrogen) atoms. The van der Waals surface area contributed by atoms with E-state index < -0.39 is 0 Å². The number of hydrogen-bond acceptors (Lipinski definition) is 3. The van der Waals surface area contributed by atoms with Gasteiger partial charge in [-0.3, -0.25) is 0 Å². The second kappa shape index (κ2) is 5.91. The van der Waals surface area contributed by atoms with Crippen LogP contribution in [-0.2, 0) is 4.74 Å². The first kappa shape index (κ1) is 10.4. The fraction of sp³-hybridized carbons (Fsp3) is 0.273. The quantitative estimate of drug-likeness (QED) is 0.408. The van der Waals surface area contributed by atoms with Gasteiger partial charge in [0.25, 0.3) is 0 Å². The molecule has 0 saturated heterocycles. The van der Waals surface area contributed by atoms with E-state index in [4.69, 9.17) is 4.74 Å². The molecule has 0 aromatic heterocycles. The third kappa shape index (κ3) is 3.39. The lowest BCUT2D eigenvalue weighted by molar-refractivity contribution is 0.342. The van der Waals surface area contributed by atoms with Crippen molar-refractivity contribution >= 4 is 12.1 Å². The van der Waals surface area contributed by atoms with Gasteiger partial charge in [-0.05, 0) is 19.4 Å². The van der Waals surface area contributed by atoms with E-state index in [-0.39, 0.29) is 0 Å². The van der Waals surface area contributed by atoms with E-state index in [2.05, 4.69) is 10.2 Å². The Balaban J connectivity index is 2.61. The molecular weight excluding hydrogens is 176 g/mol. The maximum absolute atomic E-state index is 4.92. The summed E-state index contributed by atoms with van der Waals surface area (Å²) >= 11 is 0. The van der Waals surface area contributed by atoms with Crippen LogP contribution >= 0.6 is 0 Å². The number of rotatable bonds is 4. The Kier molecular flexibility index (Phi) is 4.41. The first-order chi connectivity index (χ1) is 6.84. The van der Waals surface area contributed by atoms with Gasteiger partial charge in [0, 0.05) is 0 Å². The molecule has 1 aromatic rings. The molecule has 1 aromatic carbocycles. The molecular formula is C11H14N2O. The molecule has 0 bridgehead atoms. The molecule has 0 heterocycles. The smallest absolute Gasteiger partial charge is 0.195 e. The topological polar surface area (TPSA) is 34.0 Å². The summed E-state index contributed by atoms with van der Waals surface area (Å²) in [5.41, 5.74) is 1.95. The van der Waals surface area contributed by atoms with Crippen molar-refractivity contribution in [3.8, 4) is 0 Å². The number of nitrogens with zero attached hydrogens (tertiary/aromatic N) is 2. The fourth-order valence-corrected chi connectivity index (χ4v) is 0.955. The van der Waals surface area contributed by atoms with Crippen LogP contribution in [0.2, 0.25) is 0 Å². The van der Waals surface area contributed by atoms with Crippen LogP contribution in [-0.4, -0.2) is 18.7 Å². The zero-order valence-corrected chi connectivity index (χ0v) is 8.47. The zero-order chi connectivity index (χ0) is 10.2. The Labute approximate surface area is 84.1 Å². The first-order valence-electron chi connectivity index (χ1n) is 4.57. The molecule has 0 saturated carbocycles. The lowest BCUT2D eigenvalue weighted by atomic mass is 10.1. The van der Waals surface area contributed by atoms with Gasteiger partial charge in [0.15, 0.2) is 6.40 Å². The molecule has 0 fully saturated rings. The van der Waals surface area contributed by atoms with Crippen LogP contribution in [0.3, 0.4) is 0 Å². The summed E-state index contributed by atoms with van der Waals surface area (Å²) in [6, 6.07) is 9.91. The number of benzene rings is 1. The van der Waals surface area contributed by atoms with E-state index in [9.17, 15) is 0 Å². The number of hydrogen-bond donors (Lipinski definition) is 0. The molecule has 0 N–H and O–H groups in total. The molecule has 0 spiro atoms. The van der Waals surface area contributed by atoms with Crippen molar-refractivity contribution in [1.82, 2.24) is 0 Å². The minimum atomic E-state index is 0.614. The predicted octanol–water partition coefficient (Wildman–Crippen LogP) is 2.48. The van der Waals surface area contributed by atoms with Crippen molar-refractivity contribution in [3.05, 3.63) is 35.9 Å². The average molecular weight is 190 g/mol. The van der Waals surface area contributed by atoms with E-state index in [1.165, 1.54) is 6.40 Å². The predicted molar refractivity (Wildman–Crippen MR) is 58.8 cm³/mol. The lowest BCUT2D eigenvalue weighted by Crippen LogP contribution is -1.93. The summed E-state index contributed by atoms with van der Waals surface area (Å²) in [4.78, 5) is 0. The van der Waals surface area contributed by atoms with Gasteiger partial charge in [-0.15, -0.1) is 5.10 Å². The lowest BCUT2D eigenvalue weighted by Gasteiger charge is -1.96. The zero-order valence-electron chi connectivity index (χ0n) is 8.47. The molecule has 1 rings (SSSR count). The Hall–Kier alpha value is -1.64. The van der Waals surface area contributed by atoms with Crippen LogP contribution in [0.25, 0.3) is 0 Å². The summed E-state index contributed by atoms with van der Waals surface area (Å²) in [7, 11) is 0. The molecule has 0 atom stereocenters. The average Bonchev–Trinajstić information content (AvgIpc) is 2.25. The molecule has 0 radical (unpaired) electrons. The van der Waals surface area contributed by atoms with Gasteiger partial charge in [0.05, 0.1) is 12.3 Å². The summed E-state index contributed by atoms with van der Waals surface area (Å²) in [6.45, 7) is 4.43. The normalized spacial score (nSPS) is 12.0. The number of ether oxygens (including phenoxy) is 1. The third-order valence-electron chi connectivity index (χ3n) is 1.69. The minimum Gasteiger partial charge on any atom is -0.482 e. The van der Waals surface area contributed by atoms with Gasteiger partial charge in [-0.25, -0.2) is 0 Å². The highest BCUT2D eigenvalue weighted by Gasteiger charge is 1.93. The SMILES string of the molecule is CCO/C=N/N=C(\C)c1ccccc1. The van der Waals surface area contributed by atoms with Crippen LogP contribution in [0.4, 0.5) is 0 Å². The summed E-state index contributed by atoms with van der Waals surface area (Å²) in [6.07, 6.45) is 1.35. The fourth-order valence-electron chi connectivity index (χ4n) is 0.955. The Morgan fingerprint density at radius 2 is 2.07 bits per heavy atom. The maximum atomic E-state index is 4.92. The molecule has 0 aliphatic rings. The second-order valence-corrected chi connectivity index (χ2v) is 2.73. The van der Waals surface area contributed by atoms with Gasteiger partial charge >= 0.3 is 0 Å². The van der Waals surface area contributed by atoms with E-state index in [0.29, 0.717) is 6.61 Å². The molecule has 3 nitrogen and oxygen atoms in total. The summed E-state index contributed by atoms with van der Waals surface area (Å²) in [5.74, 6) is 0. The van der Waals surface area contributed by atoms with Gasteiger partial charge in [0.1, 0.15) is 0 Å². The molecule has 0 aliphatic heterocycles. The van der Waals surface area contributed by atoms with Gasteiger partial charge in [0.2, 0.25) is 0 Å². The molecule has 0 aliphatic carbocycles. The van der Waals surface area contributed by atoms with Crippen LogP contribution in [0.1, 0.15) is 19.4 Å². The van der Waals surface area contributed by atoms with Gasteiger partial charge in [-0.1, -0.05) is 30.3 Å². The monoisotopic (exact) mass is 190 g/mol. The van der Waals surface area contributed by atoms with Crippen LogP contribution in [0, 0.1) is 0 Å². The Morgan fingerprint density at radius 3 is 2.71 bits per heavy atom. The largest absolute Gasteiger partial charge is 0.482 e. The van der Waals surface area contributed by atoms with Crippen LogP contribution < -0.4 is 0 Å². The van der Waals surface area contributed by atoms with Crippen molar-refractivity contribution in [2.45, 2.75) is 13.8 Å². The third-order valence-corrected chi connectivity index (χ3v) is 1.69. The van der Waals surface area contributed by atoms with Crippen molar-refractivity contribution in [3.63, 3.8) is 0 Å². The molecule has 3 heteroatoms. The van der Waals surface area contributed by atoms with E-state index >= 15 is 0 Å². The highest BCUT2D eigenvalue weighted by atomic mass is 16.5. The molecule has 0 amide bonds. The highest BCUT2D eigenvalue weighted by Crippen LogP contribution is 2.00. The van der Waals surface area contributed by atoms with E-state index in [1.54, 1.807) is 0 Å². The van der Waals surface area contributed by atoms with Crippen LogP contribution in [0.15, 0.2) is 40.5 Å². The standard InChI is InChI=1S/C11H14N2O/c1-3-14-9-12-13-10(2)11-7-5-4-6-8-11/h4-9H,3H2,1-2H3/b12-9+,13-10+. The summed E-state index contributed by atoms with van der Waals surface area (Å²) in [5, 5.41) is 7.77. The van der Waals surface area contributed by atoms with Gasteiger partial charge in [-0.2, -0.15) is 5.10 Å². The van der Waals surface area contributed by atoms with E-state index in [0.717, 1.165) is 11.3 Å². The molecule has 0 unspecified atom stereocenters. The second-order valence-electron chi connectivity index (χ2n) is 2.73. The maximum Gasteiger partial charge on any atom is 0.195 e. The summed E-state index contributed by atoms with van der Waals surface area (Å²) < 4.78 is 4.92. The first-order valence-corrected chi connectivity index (χ1v) is 4.57. The van der Waals surface area contributed by atoms with Crippen LogP contribution in [0.5, 0.6) is 0 Å². The highest BCUT2D eigenvalue weighted by molar-refractivity contribution is 5.98. The van der Waals surface area contributed by atoms with Crippen molar-refractivity contribution in [2.75, 3.05) is 6.61 Å². The van der Waals surface area contributed by atoms with Gasteiger partial charge < -0.3 is 4.74 Å². The van der Waals surface area contributed by atoms with E-state index in [1.807, 2.05) is 44.2 Å².